The highest BCUT2D eigenvalue weighted by atomic mass is 32.2. The van der Waals surface area contributed by atoms with Crippen molar-refractivity contribution in [1.82, 2.24) is 4.31 Å². The molecule has 1 heterocycles. The summed E-state index contributed by atoms with van der Waals surface area (Å²) in [4.78, 5) is 0. The summed E-state index contributed by atoms with van der Waals surface area (Å²) >= 11 is 0. The molecule has 7 heteroatoms. The molecule has 0 aromatic carbocycles. The number of rotatable bonds is 8. The first-order valence-corrected chi connectivity index (χ1v) is 13.1. The molecule has 0 aromatic rings. The van der Waals surface area contributed by atoms with Gasteiger partial charge in [-0.2, -0.15) is 4.31 Å². The van der Waals surface area contributed by atoms with E-state index in [9.17, 15) is 8.42 Å². The van der Waals surface area contributed by atoms with Gasteiger partial charge in [-0.3, -0.25) is 0 Å². The van der Waals surface area contributed by atoms with Crippen LogP contribution in [0.1, 0.15) is 88.5 Å². The van der Waals surface area contributed by atoms with Gasteiger partial charge in [0.25, 0.3) is 0 Å². The normalized spacial score (nSPS) is 29.4. The van der Waals surface area contributed by atoms with Crippen molar-refractivity contribution in [2.75, 3.05) is 26.0 Å². The van der Waals surface area contributed by atoms with Gasteiger partial charge in [0, 0.05) is 18.7 Å². The predicted molar refractivity (Wildman–Crippen MR) is 123 cm³/mol. The number of hydrogen-bond donors (Lipinski definition) is 0. The quantitative estimate of drug-likeness (QED) is 0.541. The third kappa shape index (κ3) is 8.38. The summed E-state index contributed by atoms with van der Waals surface area (Å²) in [5.41, 5.74) is -1.19. The zero-order valence-corrected chi connectivity index (χ0v) is 22.1. The molecule has 0 aromatic heterocycles. The van der Waals surface area contributed by atoms with Crippen molar-refractivity contribution in [3.63, 3.8) is 0 Å². The lowest BCUT2D eigenvalue weighted by molar-refractivity contribution is -0.153. The van der Waals surface area contributed by atoms with Crippen LogP contribution in [0.25, 0.3) is 0 Å². The van der Waals surface area contributed by atoms with E-state index >= 15 is 0 Å². The van der Waals surface area contributed by atoms with E-state index in [1.807, 2.05) is 48.5 Å². The molecule has 180 valence electrons. The lowest BCUT2D eigenvalue weighted by Gasteiger charge is -2.49. The maximum Gasteiger partial charge on any atom is 0.211 e. The molecular weight excluding hydrogens is 402 g/mol. The molecule has 30 heavy (non-hydrogen) atoms. The maximum atomic E-state index is 12.6. The molecule has 1 aliphatic heterocycles. The Balaban J connectivity index is 2.98. The summed E-state index contributed by atoms with van der Waals surface area (Å²) in [6.45, 7) is 21.9. The Bertz CT molecular complexity index is 653. The Hall–Kier alpha value is -0.210. The number of hydrogen-bond acceptors (Lipinski definition) is 5. The SMILES string of the molecule is CCC1(C)CC(C)(C)N(S(C)(=O)=O)C[C@@H](COC(C)(C)CCOC(C)(C)C)O[C@H]1C. The fourth-order valence-corrected chi connectivity index (χ4v) is 5.63. The van der Waals surface area contributed by atoms with Gasteiger partial charge in [0.2, 0.25) is 10.0 Å². The number of sulfonamides is 1. The second-order valence-electron chi connectivity index (χ2n) is 11.5. The maximum absolute atomic E-state index is 12.6. The molecule has 1 unspecified atom stereocenters. The molecule has 1 rings (SSSR count). The van der Waals surface area contributed by atoms with Crippen molar-refractivity contribution in [3.8, 4) is 0 Å². The van der Waals surface area contributed by atoms with Crippen LogP contribution >= 0.6 is 0 Å². The third-order valence-corrected chi connectivity index (χ3v) is 7.81. The van der Waals surface area contributed by atoms with Gasteiger partial charge in [0.05, 0.1) is 36.3 Å². The second-order valence-corrected chi connectivity index (χ2v) is 13.4. The van der Waals surface area contributed by atoms with Crippen LogP contribution in [0.15, 0.2) is 0 Å². The van der Waals surface area contributed by atoms with Gasteiger partial charge in [-0.15, -0.1) is 0 Å². The summed E-state index contributed by atoms with van der Waals surface area (Å²) in [6.07, 6.45) is 3.37. The molecule has 0 bridgehead atoms. The van der Waals surface area contributed by atoms with Gasteiger partial charge in [0.15, 0.2) is 0 Å². The van der Waals surface area contributed by atoms with Gasteiger partial charge in [-0.1, -0.05) is 13.8 Å². The molecule has 1 saturated heterocycles. The molecule has 0 aliphatic carbocycles. The minimum absolute atomic E-state index is 0.00409. The Morgan fingerprint density at radius 1 is 1.10 bits per heavy atom. The van der Waals surface area contributed by atoms with Crippen LogP contribution in [0.4, 0.5) is 0 Å². The standard InChI is InChI=1S/C23H47NO5S/c1-12-23(10)17-21(6,7)24(30(11,25)26)15-19(29-18(23)2)16-28-22(8,9)13-14-27-20(3,4)5/h18-19H,12-17H2,1-11H3/t18-,19-,23?/m0/s1. The van der Waals surface area contributed by atoms with Crippen LogP contribution in [-0.2, 0) is 24.2 Å². The molecule has 0 radical (unpaired) electrons. The van der Waals surface area contributed by atoms with Crippen molar-refractivity contribution in [2.45, 2.75) is 117 Å². The van der Waals surface area contributed by atoms with E-state index in [2.05, 4.69) is 20.8 Å². The summed E-state index contributed by atoms with van der Waals surface area (Å²) in [5, 5.41) is 0. The predicted octanol–water partition coefficient (Wildman–Crippen LogP) is 4.62. The summed E-state index contributed by atoms with van der Waals surface area (Å²) in [6, 6.07) is 0. The van der Waals surface area contributed by atoms with Crippen LogP contribution in [0.2, 0.25) is 0 Å². The summed E-state index contributed by atoms with van der Waals surface area (Å²) < 4.78 is 45.4. The van der Waals surface area contributed by atoms with Gasteiger partial charge < -0.3 is 14.2 Å². The largest absolute Gasteiger partial charge is 0.376 e. The molecule has 6 nitrogen and oxygen atoms in total. The monoisotopic (exact) mass is 449 g/mol. The van der Waals surface area contributed by atoms with Crippen LogP contribution < -0.4 is 0 Å². The van der Waals surface area contributed by atoms with Crippen LogP contribution in [0.3, 0.4) is 0 Å². The van der Waals surface area contributed by atoms with Crippen molar-refractivity contribution in [2.24, 2.45) is 5.41 Å². The van der Waals surface area contributed by atoms with E-state index in [0.717, 1.165) is 19.3 Å². The van der Waals surface area contributed by atoms with Gasteiger partial charge >= 0.3 is 0 Å². The van der Waals surface area contributed by atoms with Crippen LogP contribution in [-0.4, -0.2) is 67.7 Å². The Morgan fingerprint density at radius 3 is 2.13 bits per heavy atom. The lowest BCUT2D eigenvalue weighted by Crippen LogP contribution is -2.58. The average Bonchev–Trinajstić information content (AvgIpc) is 2.52. The van der Waals surface area contributed by atoms with E-state index < -0.39 is 15.6 Å². The average molecular weight is 450 g/mol. The zero-order chi connectivity index (χ0) is 23.6. The molecule has 0 N–H and O–H groups in total. The first kappa shape index (κ1) is 27.8. The van der Waals surface area contributed by atoms with Crippen molar-refractivity contribution in [3.05, 3.63) is 0 Å². The molecule has 3 atom stereocenters. The fraction of sp³-hybridized carbons (Fsp3) is 1.00. The molecular formula is C23H47NO5S. The van der Waals surface area contributed by atoms with Crippen molar-refractivity contribution >= 4 is 10.0 Å². The minimum atomic E-state index is -3.39. The van der Waals surface area contributed by atoms with Gasteiger partial charge in [-0.25, -0.2) is 8.42 Å². The number of ether oxygens (including phenoxy) is 3. The second kappa shape index (κ2) is 9.74. The molecule has 0 spiro atoms. The topological polar surface area (TPSA) is 65.1 Å². The Labute approximate surface area is 186 Å². The molecule has 0 amide bonds. The highest BCUT2D eigenvalue weighted by Crippen LogP contribution is 2.42. The van der Waals surface area contributed by atoms with Crippen LogP contribution in [0.5, 0.6) is 0 Å². The smallest absolute Gasteiger partial charge is 0.211 e. The van der Waals surface area contributed by atoms with E-state index in [1.165, 1.54) is 6.26 Å². The van der Waals surface area contributed by atoms with Gasteiger partial charge in [-0.05, 0) is 80.1 Å². The van der Waals surface area contributed by atoms with Crippen molar-refractivity contribution < 1.29 is 22.6 Å². The van der Waals surface area contributed by atoms with Crippen LogP contribution in [0, 0.1) is 5.41 Å². The number of nitrogens with zero attached hydrogens (tertiary/aromatic N) is 1. The third-order valence-electron chi connectivity index (χ3n) is 6.37. The summed E-state index contributed by atoms with van der Waals surface area (Å²) in [5.74, 6) is 0. The lowest BCUT2D eigenvalue weighted by atomic mass is 9.72. The highest BCUT2D eigenvalue weighted by molar-refractivity contribution is 7.88. The zero-order valence-electron chi connectivity index (χ0n) is 21.3. The van der Waals surface area contributed by atoms with E-state index in [4.69, 9.17) is 14.2 Å². The fourth-order valence-electron chi connectivity index (χ4n) is 4.23. The first-order chi connectivity index (χ1) is 13.3. The first-order valence-electron chi connectivity index (χ1n) is 11.2. The molecule has 0 saturated carbocycles. The highest BCUT2D eigenvalue weighted by Gasteiger charge is 2.46. The summed E-state index contributed by atoms with van der Waals surface area (Å²) in [7, 11) is -3.39. The van der Waals surface area contributed by atoms with E-state index in [1.54, 1.807) is 4.31 Å². The van der Waals surface area contributed by atoms with E-state index in [0.29, 0.717) is 19.8 Å². The van der Waals surface area contributed by atoms with Crippen molar-refractivity contribution in [1.29, 1.82) is 0 Å². The van der Waals surface area contributed by atoms with E-state index in [-0.39, 0.29) is 28.8 Å². The molecule has 1 fully saturated rings. The Kier molecular flexibility index (Phi) is 9.03. The minimum Gasteiger partial charge on any atom is -0.376 e. The molecule has 1 aliphatic rings. The van der Waals surface area contributed by atoms with Gasteiger partial charge in [0.1, 0.15) is 0 Å². The Morgan fingerprint density at radius 2 is 1.67 bits per heavy atom.